The summed E-state index contributed by atoms with van der Waals surface area (Å²) in [7, 11) is 5.77. The molecule has 1 aliphatic heterocycles. The second-order valence-corrected chi connectivity index (χ2v) is 12.4. The van der Waals surface area contributed by atoms with Crippen LogP contribution in [-0.4, -0.2) is 63.1 Å². The lowest BCUT2D eigenvalue weighted by Crippen LogP contribution is -2.46. The molecule has 0 unspecified atom stereocenters. The predicted octanol–water partition coefficient (Wildman–Crippen LogP) is 6.01. The van der Waals surface area contributed by atoms with Gasteiger partial charge in [0.05, 0.1) is 30.3 Å². The lowest BCUT2D eigenvalue weighted by Gasteiger charge is -2.29. The number of hydrogen-bond acceptors (Lipinski definition) is 8. The van der Waals surface area contributed by atoms with Crippen molar-refractivity contribution < 1.29 is 38.1 Å². The fourth-order valence-corrected chi connectivity index (χ4v) is 6.61. The van der Waals surface area contributed by atoms with E-state index in [9.17, 15) is 19.2 Å². The summed E-state index contributed by atoms with van der Waals surface area (Å²) in [5.74, 6) is -1.45. The predicted molar refractivity (Wildman–Crippen MR) is 174 cm³/mol. The Morgan fingerprint density at radius 1 is 0.911 bits per heavy atom. The van der Waals surface area contributed by atoms with Crippen molar-refractivity contribution in [3.8, 4) is 22.6 Å². The van der Waals surface area contributed by atoms with Gasteiger partial charge in [-0.15, -0.1) is 0 Å². The summed E-state index contributed by atoms with van der Waals surface area (Å²) in [4.78, 5) is 54.7. The van der Waals surface area contributed by atoms with Gasteiger partial charge in [-0.3, -0.25) is 14.5 Å². The van der Waals surface area contributed by atoms with Crippen LogP contribution in [0.25, 0.3) is 11.1 Å². The molecular formula is C33H34Br2N2O8. The molecule has 238 valence electrons. The zero-order valence-corrected chi connectivity index (χ0v) is 28.7. The molecule has 3 aromatic rings. The van der Waals surface area contributed by atoms with E-state index in [4.69, 9.17) is 18.9 Å². The van der Waals surface area contributed by atoms with Gasteiger partial charge in [0.25, 0.3) is 0 Å². The lowest BCUT2D eigenvalue weighted by molar-refractivity contribution is -0.145. The van der Waals surface area contributed by atoms with Crippen LogP contribution in [0.2, 0.25) is 0 Å². The smallest absolute Gasteiger partial charge is 0.410 e. The number of benzene rings is 3. The SMILES string of the molecule is COC(=O)[C@@H]1Cc2cc(Br)c(OC)c(c2)-c2cc(cc(Br)c2OC)[C@H](N(C)C(=O)OCc2ccccc2)C(=O)C[C@@H](C)C(=O)N1. The van der Waals surface area contributed by atoms with Crippen LogP contribution in [0.15, 0.2) is 63.5 Å². The minimum absolute atomic E-state index is 0.00816. The molecular weight excluding hydrogens is 712 g/mol. The second kappa shape index (κ2) is 14.9. The number of ketones is 1. The van der Waals surface area contributed by atoms with Gasteiger partial charge in [0, 0.05) is 36.9 Å². The van der Waals surface area contributed by atoms with E-state index in [2.05, 4.69) is 37.2 Å². The van der Waals surface area contributed by atoms with Crippen molar-refractivity contribution in [3.05, 3.63) is 80.2 Å². The van der Waals surface area contributed by atoms with Gasteiger partial charge >= 0.3 is 12.1 Å². The molecule has 3 atom stereocenters. The van der Waals surface area contributed by atoms with Crippen LogP contribution in [0.5, 0.6) is 11.5 Å². The molecule has 0 fully saturated rings. The number of ether oxygens (including phenoxy) is 4. The normalized spacial score (nSPS) is 18.2. The Bertz CT molecular complexity index is 1600. The van der Waals surface area contributed by atoms with Gasteiger partial charge in [-0.25, -0.2) is 9.59 Å². The number of fused-ring (bicyclic) bond motifs is 5. The number of hydrogen-bond donors (Lipinski definition) is 1. The monoisotopic (exact) mass is 744 g/mol. The summed E-state index contributed by atoms with van der Waals surface area (Å²) in [6, 6.07) is 14.1. The van der Waals surface area contributed by atoms with Crippen LogP contribution in [0.4, 0.5) is 4.79 Å². The maximum Gasteiger partial charge on any atom is 0.410 e. The van der Waals surface area contributed by atoms with E-state index in [-0.39, 0.29) is 19.4 Å². The highest BCUT2D eigenvalue weighted by atomic mass is 79.9. The second-order valence-electron chi connectivity index (χ2n) is 10.7. The molecule has 12 heteroatoms. The van der Waals surface area contributed by atoms with E-state index < -0.39 is 41.8 Å². The van der Waals surface area contributed by atoms with Crippen LogP contribution in [-0.2, 0) is 36.9 Å². The molecule has 0 aliphatic carbocycles. The molecule has 2 amide bonds. The third kappa shape index (κ3) is 7.67. The first-order chi connectivity index (χ1) is 21.5. The summed E-state index contributed by atoms with van der Waals surface area (Å²) in [6.45, 7) is 1.60. The summed E-state index contributed by atoms with van der Waals surface area (Å²) < 4.78 is 23.2. The number of halogens is 2. The first-order valence-electron chi connectivity index (χ1n) is 14.1. The van der Waals surface area contributed by atoms with Crippen molar-refractivity contribution in [1.82, 2.24) is 10.2 Å². The van der Waals surface area contributed by atoms with E-state index >= 15 is 0 Å². The molecule has 0 radical (unpaired) electrons. The number of carbonyl (C=O) groups is 4. The number of likely N-dealkylation sites (N-methyl/N-ethyl adjacent to an activating group) is 1. The average molecular weight is 746 g/mol. The van der Waals surface area contributed by atoms with Crippen LogP contribution < -0.4 is 14.8 Å². The Kier molecular flexibility index (Phi) is 11.3. The molecule has 1 aliphatic rings. The Labute approximate surface area is 278 Å². The minimum Gasteiger partial charge on any atom is -0.495 e. The van der Waals surface area contributed by atoms with Gasteiger partial charge in [-0.2, -0.15) is 0 Å². The minimum atomic E-state index is -1.14. The Hall–Kier alpha value is -3.90. The molecule has 3 aromatic carbocycles. The fraction of sp³-hybridized carbons (Fsp3) is 0.333. The standard InChI is InChI=1S/C33H34Br2N2O8/c1-18-11-27(38)28(37(2)33(41)45-17-19-9-7-6-8-10-19)21-15-23(30(43-4)25(35)16-21)22-12-20(13-24(34)29(22)42-3)14-26(32(40)44-5)36-31(18)39/h6-10,12-13,15-16,18,26,28H,11,14,17H2,1-5H3,(H,36,39)/t18-,26+,28+/m1/s1. The van der Waals surface area contributed by atoms with Crippen molar-refractivity contribution in [2.45, 2.75) is 38.5 Å². The maximum absolute atomic E-state index is 14.1. The van der Waals surface area contributed by atoms with Crippen LogP contribution >= 0.6 is 31.9 Å². The van der Waals surface area contributed by atoms with Gasteiger partial charge in [-0.05, 0) is 72.8 Å². The van der Waals surface area contributed by atoms with Gasteiger partial charge in [0.15, 0.2) is 5.78 Å². The zero-order chi connectivity index (χ0) is 32.8. The molecule has 4 rings (SSSR count). The van der Waals surface area contributed by atoms with Gasteiger partial charge in [-0.1, -0.05) is 37.3 Å². The quantitative estimate of drug-likeness (QED) is 0.305. The van der Waals surface area contributed by atoms with E-state index in [1.165, 1.54) is 33.3 Å². The molecule has 0 aromatic heterocycles. The third-order valence-corrected chi connectivity index (χ3v) is 8.74. The molecule has 45 heavy (non-hydrogen) atoms. The van der Waals surface area contributed by atoms with Crippen molar-refractivity contribution in [3.63, 3.8) is 0 Å². The number of esters is 1. The number of rotatable bonds is 6. The van der Waals surface area contributed by atoms with E-state index in [0.29, 0.717) is 42.7 Å². The lowest BCUT2D eigenvalue weighted by atomic mass is 9.90. The Balaban J connectivity index is 1.90. The van der Waals surface area contributed by atoms with Gasteiger partial charge in [0.1, 0.15) is 30.2 Å². The number of methoxy groups -OCH3 is 3. The van der Waals surface area contributed by atoms with Crippen molar-refractivity contribution in [1.29, 1.82) is 0 Å². The summed E-state index contributed by atoms with van der Waals surface area (Å²) in [5.41, 5.74) is 3.09. The molecule has 4 bridgehead atoms. The number of carbonyl (C=O) groups excluding carboxylic acids is 4. The average Bonchev–Trinajstić information content (AvgIpc) is 3.02. The van der Waals surface area contributed by atoms with Crippen LogP contribution in [0.1, 0.15) is 36.1 Å². The zero-order valence-electron chi connectivity index (χ0n) is 25.5. The van der Waals surface area contributed by atoms with E-state index in [0.717, 1.165) is 5.56 Å². The highest BCUT2D eigenvalue weighted by Crippen LogP contribution is 2.46. The highest BCUT2D eigenvalue weighted by Gasteiger charge is 2.35. The van der Waals surface area contributed by atoms with E-state index in [1.54, 1.807) is 25.1 Å². The maximum atomic E-state index is 14.1. The number of amides is 2. The number of nitrogens with one attached hydrogen (secondary N) is 1. The largest absolute Gasteiger partial charge is 0.495 e. The molecule has 0 saturated heterocycles. The summed E-state index contributed by atoms with van der Waals surface area (Å²) in [5, 5.41) is 2.74. The molecule has 0 spiro atoms. The first kappa shape index (κ1) is 34.0. The van der Waals surface area contributed by atoms with Crippen molar-refractivity contribution in [2.24, 2.45) is 5.92 Å². The molecule has 10 nitrogen and oxygen atoms in total. The van der Waals surface area contributed by atoms with Crippen molar-refractivity contribution in [2.75, 3.05) is 28.4 Å². The van der Waals surface area contributed by atoms with Crippen molar-refractivity contribution >= 4 is 55.6 Å². The van der Waals surface area contributed by atoms with Gasteiger partial charge < -0.3 is 24.3 Å². The summed E-state index contributed by atoms with van der Waals surface area (Å²) >= 11 is 7.18. The Morgan fingerprint density at radius 2 is 1.53 bits per heavy atom. The fourth-order valence-electron chi connectivity index (χ4n) is 5.30. The Morgan fingerprint density at radius 3 is 2.16 bits per heavy atom. The van der Waals surface area contributed by atoms with Crippen LogP contribution in [0.3, 0.4) is 0 Å². The van der Waals surface area contributed by atoms with E-state index in [1.807, 2.05) is 36.4 Å². The molecule has 0 saturated carbocycles. The summed E-state index contributed by atoms with van der Waals surface area (Å²) in [6.07, 6.45) is -0.840. The number of Topliss-reactive ketones (excluding diaryl/α,β-unsaturated/α-hetero) is 1. The van der Waals surface area contributed by atoms with Gasteiger partial charge in [0.2, 0.25) is 5.91 Å². The first-order valence-corrected chi connectivity index (χ1v) is 15.7. The third-order valence-electron chi connectivity index (χ3n) is 7.57. The number of nitrogens with zero attached hydrogens (tertiary/aromatic N) is 1. The highest BCUT2D eigenvalue weighted by molar-refractivity contribution is 9.11. The topological polar surface area (TPSA) is 120 Å². The molecule has 1 N–H and O–H groups in total. The van der Waals surface area contributed by atoms with Crippen LogP contribution in [0, 0.1) is 5.92 Å². The molecule has 1 heterocycles.